The molecule has 2 aromatic carbocycles. The van der Waals surface area contributed by atoms with Crippen molar-refractivity contribution in [3.63, 3.8) is 0 Å². The van der Waals surface area contributed by atoms with Crippen LogP contribution in [0.5, 0.6) is 0 Å². The average Bonchev–Trinajstić information content (AvgIpc) is 2.99. The second-order valence-electron chi connectivity index (χ2n) is 19.0. The molecular weight excluding hydrogens is 703 g/mol. The van der Waals surface area contributed by atoms with Gasteiger partial charge in [0.15, 0.2) is 0 Å². The molecule has 12 heteroatoms. The summed E-state index contributed by atoms with van der Waals surface area (Å²) in [6.45, 7) is 19.9. The number of amides is 4. The zero-order valence-corrected chi connectivity index (χ0v) is 33.9. The van der Waals surface area contributed by atoms with E-state index in [1.54, 1.807) is 19.1 Å². The van der Waals surface area contributed by atoms with Crippen LogP contribution in [0.25, 0.3) is 0 Å². The molecule has 6 rings (SSSR count). The highest BCUT2D eigenvalue weighted by atomic mass is 19.1. The summed E-state index contributed by atoms with van der Waals surface area (Å²) in [5.41, 5.74) is 2.49. The molecule has 4 N–H and O–H groups in total. The van der Waals surface area contributed by atoms with Gasteiger partial charge < -0.3 is 21.3 Å². The van der Waals surface area contributed by atoms with Crippen molar-refractivity contribution in [1.82, 2.24) is 31.1 Å². The van der Waals surface area contributed by atoms with Crippen molar-refractivity contribution in [3.8, 4) is 0 Å². The topological polar surface area (TPSA) is 123 Å². The summed E-state index contributed by atoms with van der Waals surface area (Å²) in [5, 5.41) is 12.0. The molecule has 2 saturated carbocycles. The number of hydrogen-bond acceptors (Lipinski definition) is 6. The van der Waals surface area contributed by atoms with Gasteiger partial charge in [0.05, 0.1) is 13.1 Å². The fraction of sp³-hybridized carbons (Fsp3) is 0.628. The number of nitrogens with one attached hydrogen (secondary N) is 4. The Balaban J connectivity index is 0.000000211. The van der Waals surface area contributed by atoms with Crippen molar-refractivity contribution >= 4 is 23.6 Å². The Morgan fingerprint density at radius 2 is 1.13 bits per heavy atom. The smallest absolute Gasteiger partial charge is 0.251 e. The van der Waals surface area contributed by atoms with Gasteiger partial charge in [-0.25, -0.2) is 8.78 Å². The third kappa shape index (κ3) is 12.6. The Bertz CT molecular complexity index is 1670. The first-order valence-electron chi connectivity index (χ1n) is 19.8. The number of benzene rings is 2. The molecule has 0 bridgehead atoms. The van der Waals surface area contributed by atoms with Gasteiger partial charge in [-0.05, 0) is 145 Å². The summed E-state index contributed by atoms with van der Waals surface area (Å²) in [5.74, 6) is 0.538. The predicted molar refractivity (Wildman–Crippen MR) is 210 cm³/mol. The highest BCUT2D eigenvalue weighted by Gasteiger charge is 2.53. The molecule has 4 fully saturated rings. The first kappa shape index (κ1) is 42.2. The molecule has 2 aliphatic carbocycles. The van der Waals surface area contributed by atoms with Crippen molar-refractivity contribution in [3.05, 3.63) is 70.8 Å². The lowest BCUT2D eigenvalue weighted by molar-refractivity contribution is -0.135. The Labute approximate surface area is 325 Å². The Kier molecular flexibility index (Phi) is 13.1. The fourth-order valence-electron chi connectivity index (χ4n) is 8.95. The number of carbonyl (C=O) groups is 4. The zero-order chi connectivity index (χ0) is 40.2. The number of carbonyl (C=O) groups excluding carboxylic acids is 4. The highest BCUT2D eigenvalue weighted by Crippen LogP contribution is 2.52. The van der Waals surface area contributed by atoms with Crippen LogP contribution < -0.4 is 21.3 Å². The van der Waals surface area contributed by atoms with Gasteiger partial charge in [0.1, 0.15) is 11.6 Å². The first-order chi connectivity index (χ1) is 25.7. The van der Waals surface area contributed by atoms with Crippen LogP contribution in [-0.4, -0.2) is 96.9 Å². The van der Waals surface area contributed by atoms with Crippen LogP contribution in [-0.2, 0) is 20.8 Å². The largest absolute Gasteiger partial charge is 0.356 e. The predicted octanol–water partition coefficient (Wildman–Crippen LogP) is 4.99. The lowest BCUT2D eigenvalue weighted by Crippen LogP contribution is -2.64. The number of likely N-dealkylation sites (tertiary alicyclic amines) is 2. The van der Waals surface area contributed by atoms with E-state index in [4.69, 9.17) is 0 Å². The minimum absolute atomic E-state index is 0.0550. The van der Waals surface area contributed by atoms with Crippen LogP contribution in [0.4, 0.5) is 8.78 Å². The lowest BCUT2D eigenvalue weighted by Gasteiger charge is -2.59. The van der Waals surface area contributed by atoms with Crippen LogP contribution in [0.2, 0.25) is 0 Å². The SMILES string of the molecule is CC(C)(C)NC(=O)CN1CC2(CC(CNC(=O)CCc3ccc(F)cc3)C2)C1.Cc1cc(F)ccc1C(=O)NCC1CC2(C1)CN(CC(=O)NC(C)(C)C)C2. The van der Waals surface area contributed by atoms with Crippen LogP contribution in [0.1, 0.15) is 95.1 Å². The Morgan fingerprint density at radius 1 is 0.673 bits per heavy atom. The molecule has 302 valence electrons. The highest BCUT2D eigenvalue weighted by molar-refractivity contribution is 5.95. The molecule has 2 aromatic rings. The minimum Gasteiger partial charge on any atom is -0.356 e. The summed E-state index contributed by atoms with van der Waals surface area (Å²) < 4.78 is 26.0. The number of halogens is 2. The minimum atomic E-state index is -0.323. The van der Waals surface area contributed by atoms with E-state index in [0.717, 1.165) is 64.0 Å². The molecule has 0 radical (unpaired) electrons. The van der Waals surface area contributed by atoms with Gasteiger partial charge in [0, 0.05) is 62.3 Å². The van der Waals surface area contributed by atoms with Crippen LogP contribution >= 0.6 is 0 Å². The van der Waals surface area contributed by atoms with Crippen LogP contribution in [0.3, 0.4) is 0 Å². The molecule has 0 atom stereocenters. The van der Waals surface area contributed by atoms with E-state index in [9.17, 15) is 28.0 Å². The maximum atomic E-state index is 13.2. The quantitative estimate of drug-likeness (QED) is 0.242. The fourth-order valence-corrected chi connectivity index (χ4v) is 8.95. The van der Waals surface area contributed by atoms with Gasteiger partial charge >= 0.3 is 0 Å². The van der Waals surface area contributed by atoms with E-state index in [1.165, 1.54) is 30.3 Å². The normalized spacial score (nSPS) is 20.1. The maximum Gasteiger partial charge on any atom is 0.251 e. The molecular formula is C43H62F2N6O4. The number of rotatable bonds is 12. The molecule has 2 aliphatic heterocycles. The third-order valence-electron chi connectivity index (χ3n) is 11.0. The number of aryl methyl sites for hydroxylation is 2. The standard InChI is InChI=1S/C22H32FN3O2.C21H30FN3O2/c1-21(2,3)25-20(28)13-26-14-22(15-26)10-17(11-22)12-24-19(27)9-6-16-4-7-18(23)8-5-16;1-14-7-16(22)5-6-17(14)19(27)23-10-15-8-21(9-15)12-25(13-21)11-18(26)24-20(2,3)4/h4-5,7-8,17H,6,9-15H2,1-3H3,(H,24,27)(H,25,28);5-7,15H,8-13H2,1-4H3,(H,23,27)(H,24,26). The van der Waals surface area contributed by atoms with Gasteiger partial charge in [-0.3, -0.25) is 29.0 Å². The molecule has 4 amide bonds. The second kappa shape index (κ2) is 17.1. The van der Waals surface area contributed by atoms with Crippen LogP contribution in [0, 0.1) is 41.2 Å². The van der Waals surface area contributed by atoms with Crippen molar-refractivity contribution < 1.29 is 28.0 Å². The van der Waals surface area contributed by atoms with Crippen molar-refractivity contribution in [2.75, 3.05) is 52.4 Å². The molecule has 2 heterocycles. The lowest BCUT2D eigenvalue weighted by atomic mass is 9.57. The molecule has 2 saturated heterocycles. The zero-order valence-electron chi connectivity index (χ0n) is 33.9. The molecule has 0 unspecified atom stereocenters. The third-order valence-corrected chi connectivity index (χ3v) is 11.0. The van der Waals surface area contributed by atoms with Crippen molar-refractivity contribution in [2.45, 2.75) is 98.1 Å². The summed E-state index contributed by atoms with van der Waals surface area (Å²) in [6, 6.07) is 10.5. The summed E-state index contributed by atoms with van der Waals surface area (Å²) in [7, 11) is 0. The van der Waals surface area contributed by atoms with E-state index in [2.05, 4.69) is 31.1 Å². The molecule has 10 nitrogen and oxygen atoms in total. The van der Waals surface area contributed by atoms with Gasteiger partial charge in [-0.1, -0.05) is 12.1 Å². The molecule has 0 aromatic heterocycles. The van der Waals surface area contributed by atoms with Gasteiger partial charge in [0.2, 0.25) is 17.7 Å². The second-order valence-corrected chi connectivity index (χ2v) is 19.0. The van der Waals surface area contributed by atoms with Crippen molar-refractivity contribution in [1.29, 1.82) is 0 Å². The van der Waals surface area contributed by atoms with Crippen molar-refractivity contribution in [2.24, 2.45) is 22.7 Å². The van der Waals surface area contributed by atoms with Gasteiger partial charge in [-0.2, -0.15) is 0 Å². The van der Waals surface area contributed by atoms with E-state index in [1.807, 2.05) is 41.5 Å². The van der Waals surface area contributed by atoms with E-state index >= 15 is 0 Å². The summed E-state index contributed by atoms with van der Waals surface area (Å²) in [4.78, 5) is 52.7. The molecule has 55 heavy (non-hydrogen) atoms. The monoisotopic (exact) mass is 764 g/mol. The van der Waals surface area contributed by atoms with Crippen LogP contribution in [0.15, 0.2) is 42.5 Å². The molecule has 2 spiro atoms. The van der Waals surface area contributed by atoms with E-state index < -0.39 is 0 Å². The first-order valence-corrected chi connectivity index (χ1v) is 19.8. The van der Waals surface area contributed by atoms with E-state index in [-0.39, 0.29) is 46.3 Å². The van der Waals surface area contributed by atoms with Gasteiger partial charge in [-0.15, -0.1) is 0 Å². The summed E-state index contributed by atoms with van der Waals surface area (Å²) in [6.07, 6.45) is 5.50. The number of nitrogens with zero attached hydrogens (tertiary/aromatic N) is 2. The Hall–Kier alpha value is -3.90. The number of hydrogen-bond donors (Lipinski definition) is 4. The average molecular weight is 765 g/mol. The van der Waals surface area contributed by atoms with Gasteiger partial charge in [0.25, 0.3) is 5.91 Å². The maximum absolute atomic E-state index is 13.2. The van der Waals surface area contributed by atoms with E-state index in [0.29, 0.717) is 66.3 Å². The molecule has 4 aliphatic rings. The summed E-state index contributed by atoms with van der Waals surface area (Å²) >= 11 is 0. The Morgan fingerprint density at radius 3 is 1.58 bits per heavy atom.